The number of hydrogen-bond acceptors (Lipinski definition) is 2. The molecule has 0 saturated carbocycles. The van der Waals surface area contributed by atoms with Crippen molar-refractivity contribution in [2.24, 2.45) is 0 Å². The second-order valence-electron chi connectivity index (χ2n) is 4.25. The molecule has 0 amide bonds. The predicted molar refractivity (Wildman–Crippen MR) is 71.5 cm³/mol. The minimum absolute atomic E-state index is 0.200. The summed E-state index contributed by atoms with van der Waals surface area (Å²) in [6.07, 6.45) is 0. The van der Waals surface area contributed by atoms with Crippen LogP contribution in [0, 0.1) is 0 Å². The average Bonchev–Trinajstić information content (AvgIpc) is 2.57. The zero-order valence-corrected chi connectivity index (χ0v) is 10.8. The van der Waals surface area contributed by atoms with Gasteiger partial charge < -0.3 is 9.47 Å². The van der Waals surface area contributed by atoms with Crippen molar-refractivity contribution >= 4 is 11.6 Å². The number of rotatable bonds is 1. The molecule has 0 radical (unpaired) electrons. The third-order valence-corrected chi connectivity index (χ3v) is 3.67. The lowest BCUT2D eigenvalue weighted by molar-refractivity contribution is 0.306. The summed E-state index contributed by atoms with van der Waals surface area (Å²) in [6.45, 7) is 0.554. The topological polar surface area (TPSA) is 18.5 Å². The van der Waals surface area contributed by atoms with Crippen molar-refractivity contribution in [1.82, 2.24) is 0 Å². The maximum atomic E-state index is 6.58. The molecular weight excluding hydrogens is 248 g/mol. The Balaban J connectivity index is 2.14. The Bertz CT molecular complexity index is 580. The number of benzene rings is 2. The maximum Gasteiger partial charge on any atom is 0.125 e. The third kappa shape index (κ3) is 1.83. The second-order valence-corrected chi connectivity index (χ2v) is 4.69. The standard InChI is InChI=1S/C15H13ClO2/c1-17-11-6-7-14-13(8-11)15(16)12-5-3-2-4-10(12)9-18-14/h2-8,15H,9H2,1H3. The molecule has 0 aliphatic carbocycles. The van der Waals surface area contributed by atoms with Crippen LogP contribution in [0.25, 0.3) is 0 Å². The van der Waals surface area contributed by atoms with Gasteiger partial charge in [0.2, 0.25) is 0 Å². The Kier molecular flexibility index (Phi) is 2.88. The summed E-state index contributed by atoms with van der Waals surface area (Å²) in [5.74, 6) is 1.62. The molecule has 18 heavy (non-hydrogen) atoms. The lowest BCUT2D eigenvalue weighted by Crippen LogP contribution is -1.95. The zero-order valence-electron chi connectivity index (χ0n) is 10.0. The van der Waals surface area contributed by atoms with Crippen LogP contribution in [-0.4, -0.2) is 7.11 Å². The first kappa shape index (κ1) is 11.4. The van der Waals surface area contributed by atoms with Gasteiger partial charge in [-0.05, 0) is 29.3 Å². The van der Waals surface area contributed by atoms with Gasteiger partial charge >= 0.3 is 0 Å². The maximum absolute atomic E-state index is 6.58. The summed E-state index contributed by atoms with van der Waals surface area (Å²) in [5, 5.41) is -0.200. The van der Waals surface area contributed by atoms with E-state index >= 15 is 0 Å². The molecule has 2 nitrogen and oxygen atoms in total. The summed E-state index contributed by atoms with van der Waals surface area (Å²) >= 11 is 6.58. The van der Waals surface area contributed by atoms with Crippen LogP contribution in [0.4, 0.5) is 0 Å². The molecule has 3 heteroatoms. The Morgan fingerprint density at radius 2 is 2.00 bits per heavy atom. The summed E-state index contributed by atoms with van der Waals surface area (Å²) in [5.41, 5.74) is 3.19. The minimum Gasteiger partial charge on any atom is -0.497 e. The van der Waals surface area contributed by atoms with E-state index in [4.69, 9.17) is 21.1 Å². The molecule has 2 aromatic rings. The Labute approximate surface area is 111 Å². The van der Waals surface area contributed by atoms with Crippen molar-refractivity contribution < 1.29 is 9.47 Å². The van der Waals surface area contributed by atoms with Crippen LogP contribution in [0.15, 0.2) is 42.5 Å². The zero-order chi connectivity index (χ0) is 12.5. The molecule has 3 rings (SSSR count). The number of fused-ring (bicyclic) bond motifs is 2. The van der Waals surface area contributed by atoms with Gasteiger partial charge in [-0.1, -0.05) is 24.3 Å². The van der Waals surface area contributed by atoms with Crippen molar-refractivity contribution in [1.29, 1.82) is 0 Å². The van der Waals surface area contributed by atoms with E-state index in [0.29, 0.717) is 6.61 Å². The molecular formula is C15H13ClO2. The number of halogens is 1. The van der Waals surface area contributed by atoms with Gasteiger partial charge in [-0.25, -0.2) is 0 Å². The van der Waals surface area contributed by atoms with E-state index in [1.54, 1.807) is 7.11 Å². The SMILES string of the molecule is COc1ccc2c(c1)C(Cl)c1ccccc1CO2. The summed E-state index contributed by atoms with van der Waals surface area (Å²) in [4.78, 5) is 0. The van der Waals surface area contributed by atoms with Crippen molar-refractivity contribution in [3.05, 3.63) is 59.2 Å². The minimum atomic E-state index is -0.200. The molecule has 1 aliphatic rings. The molecule has 0 fully saturated rings. The van der Waals surface area contributed by atoms with Crippen molar-refractivity contribution in [2.45, 2.75) is 12.0 Å². The first-order valence-corrected chi connectivity index (χ1v) is 6.26. The van der Waals surface area contributed by atoms with Crippen LogP contribution in [0.2, 0.25) is 0 Å². The van der Waals surface area contributed by atoms with Gasteiger partial charge in [-0.2, -0.15) is 0 Å². The first-order chi connectivity index (χ1) is 8.79. The Morgan fingerprint density at radius 1 is 1.17 bits per heavy atom. The summed E-state index contributed by atoms with van der Waals surface area (Å²) in [7, 11) is 1.65. The van der Waals surface area contributed by atoms with Crippen LogP contribution in [0.5, 0.6) is 11.5 Å². The number of ether oxygens (including phenoxy) is 2. The van der Waals surface area contributed by atoms with Crippen LogP contribution >= 0.6 is 11.6 Å². The lowest BCUT2D eigenvalue weighted by atomic mass is 10.00. The lowest BCUT2D eigenvalue weighted by Gasteiger charge is -2.12. The largest absolute Gasteiger partial charge is 0.497 e. The first-order valence-electron chi connectivity index (χ1n) is 5.82. The van der Waals surface area contributed by atoms with Crippen molar-refractivity contribution in [3.8, 4) is 11.5 Å². The van der Waals surface area contributed by atoms with Gasteiger partial charge in [0, 0.05) is 5.56 Å². The van der Waals surface area contributed by atoms with E-state index in [-0.39, 0.29) is 5.38 Å². The number of alkyl halides is 1. The molecule has 0 aromatic heterocycles. The van der Waals surface area contributed by atoms with Gasteiger partial charge in [0.05, 0.1) is 12.5 Å². The fraction of sp³-hybridized carbons (Fsp3) is 0.200. The van der Waals surface area contributed by atoms with E-state index < -0.39 is 0 Å². The quantitative estimate of drug-likeness (QED) is 0.724. The molecule has 0 saturated heterocycles. The normalized spacial score (nSPS) is 17.1. The highest BCUT2D eigenvalue weighted by Crippen LogP contribution is 2.41. The highest BCUT2D eigenvalue weighted by Gasteiger charge is 2.22. The van der Waals surface area contributed by atoms with Crippen molar-refractivity contribution in [2.75, 3.05) is 7.11 Å². The summed E-state index contributed by atoms with van der Waals surface area (Å²) < 4.78 is 11.0. The van der Waals surface area contributed by atoms with Crippen LogP contribution in [0.1, 0.15) is 22.1 Å². The van der Waals surface area contributed by atoms with E-state index in [1.165, 1.54) is 0 Å². The molecule has 92 valence electrons. The van der Waals surface area contributed by atoms with Gasteiger partial charge in [-0.3, -0.25) is 0 Å². The molecule has 0 bridgehead atoms. The fourth-order valence-corrected chi connectivity index (χ4v) is 2.60. The Morgan fingerprint density at radius 3 is 2.83 bits per heavy atom. The fourth-order valence-electron chi connectivity index (χ4n) is 2.22. The molecule has 0 N–H and O–H groups in total. The van der Waals surface area contributed by atoms with Gasteiger partial charge in [0.1, 0.15) is 18.1 Å². The van der Waals surface area contributed by atoms with Gasteiger partial charge in [0.15, 0.2) is 0 Å². The van der Waals surface area contributed by atoms with Crippen molar-refractivity contribution in [3.63, 3.8) is 0 Å². The van der Waals surface area contributed by atoms with Crippen LogP contribution in [-0.2, 0) is 6.61 Å². The molecule has 1 aliphatic heterocycles. The average molecular weight is 261 g/mol. The highest BCUT2D eigenvalue weighted by atomic mass is 35.5. The Hall–Kier alpha value is -1.67. The number of methoxy groups -OCH3 is 1. The predicted octanol–water partition coefficient (Wildman–Crippen LogP) is 3.92. The molecule has 0 spiro atoms. The number of hydrogen-bond donors (Lipinski definition) is 0. The molecule has 1 unspecified atom stereocenters. The second kappa shape index (κ2) is 4.54. The van der Waals surface area contributed by atoms with Crippen LogP contribution in [0.3, 0.4) is 0 Å². The van der Waals surface area contributed by atoms with Gasteiger partial charge in [0.25, 0.3) is 0 Å². The third-order valence-electron chi connectivity index (χ3n) is 3.20. The summed E-state index contributed by atoms with van der Waals surface area (Å²) in [6, 6.07) is 13.8. The van der Waals surface area contributed by atoms with E-state index in [1.807, 2.05) is 42.5 Å². The van der Waals surface area contributed by atoms with E-state index in [2.05, 4.69) is 0 Å². The van der Waals surface area contributed by atoms with E-state index in [9.17, 15) is 0 Å². The molecule has 1 heterocycles. The van der Waals surface area contributed by atoms with E-state index in [0.717, 1.165) is 28.2 Å². The van der Waals surface area contributed by atoms with Crippen LogP contribution < -0.4 is 9.47 Å². The highest BCUT2D eigenvalue weighted by molar-refractivity contribution is 6.23. The smallest absolute Gasteiger partial charge is 0.125 e. The van der Waals surface area contributed by atoms with Gasteiger partial charge in [-0.15, -0.1) is 11.6 Å². The molecule has 1 atom stereocenters. The molecule has 2 aromatic carbocycles. The monoisotopic (exact) mass is 260 g/mol.